The van der Waals surface area contributed by atoms with Gasteiger partial charge in [-0.1, -0.05) is 41.5 Å². The Hall–Kier alpha value is -1.63. The highest BCUT2D eigenvalue weighted by atomic mass is 16.6. The molecule has 0 aliphatic carbocycles. The summed E-state index contributed by atoms with van der Waals surface area (Å²) in [6.45, 7) is 10.3. The van der Waals surface area contributed by atoms with Crippen LogP contribution in [0.1, 0.15) is 41.5 Å². The van der Waals surface area contributed by atoms with Gasteiger partial charge in [0.15, 0.2) is 12.2 Å². The molecule has 0 aromatic heterocycles. The van der Waals surface area contributed by atoms with Gasteiger partial charge < -0.3 is 18.9 Å². The molecule has 1 fully saturated rings. The van der Waals surface area contributed by atoms with Crippen LogP contribution in [0.5, 0.6) is 0 Å². The summed E-state index contributed by atoms with van der Waals surface area (Å²) in [5, 5.41) is 0. The highest BCUT2D eigenvalue weighted by molar-refractivity contribution is 5.73. The third-order valence-electron chi connectivity index (χ3n) is 3.53. The number of hydrogen-bond donors (Lipinski definition) is 0. The van der Waals surface area contributed by atoms with Gasteiger partial charge in [0.2, 0.25) is 0 Å². The minimum atomic E-state index is -0.789. The lowest BCUT2D eigenvalue weighted by Gasteiger charge is -2.24. The molecule has 7 nitrogen and oxygen atoms in total. The second-order valence-electron chi connectivity index (χ2n) is 6.84. The molecule has 3 atom stereocenters. The van der Waals surface area contributed by atoms with E-state index in [1.165, 1.54) is 0 Å². The van der Waals surface area contributed by atoms with Gasteiger partial charge >= 0.3 is 17.9 Å². The monoisotopic (exact) mass is 344 g/mol. The number of carbonyl (C=O) groups is 3. The molecule has 1 rings (SSSR count). The molecule has 0 N–H and O–H groups in total. The maximum atomic E-state index is 11.9. The molecule has 1 aliphatic heterocycles. The van der Waals surface area contributed by atoms with Crippen LogP contribution in [-0.4, -0.2) is 49.4 Å². The summed E-state index contributed by atoms with van der Waals surface area (Å²) in [7, 11) is 0. The van der Waals surface area contributed by atoms with Crippen molar-refractivity contribution in [3.63, 3.8) is 0 Å². The van der Waals surface area contributed by atoms with Crippen LogP contribution in [0.3, 0.4) is 0 Å². The SMILES string of the molecule is CC(C)C(=O)OCC1OCC(OC(=O)C(C)C)C1OC(=O)C(C)C. The lowest BCUT2D eigenvalue weighted by molar-refractivity contribution is -0.172. The van der Waals surface area contributed by atoms with Gasteiger partial charge in [0, 0.05) is 0 Å². The van der Waals surface area contributed by atoms with Crippen molar-refractivity contribution in [3.8, 4) is 0 Å². The van der Waals surface area contributed by atoms with Gasteiger partial charge in [-0.3, -0.25) is 14.4 Å². The molecule has 7 heteroatoms. The zero-order chi connectivity index (χ0) is 18.4. The standard InChI is InChI=1S/C17H28O7/c1-9(2)15(18)22-7-12-14(24-17(20)11(5)6)13(8-21-12)23-16(19)10(3)4/h9-14H,7-8H2,1-6H3. The van der Waals surface area contributed by atoms with Crippen molar-refractivity contribution in [2.75, 3.05) is 13.2 Å². The van der Waals surface area contributed by atoms with Crippen LogP contribution in [0.15, 0.2) is 0 Å². The largest absolute Gasteiger partial charge is 0.463 e. The second-order valence-corrected chi connectivity index (χ2v) is 6.84. The van der Waals surface area contributed by atoms with Crippen LogP contribution in [0.2, 0.25) is 0 Å². The Kier molecular flexibility index (Phi) is 7.66. The second kappa shape index (κ2) is 9.01. The van der Waals surface area contributed by atoms with Crippen molar-refractivity contribution < 1.29 is 33.3 Å². The molecule has 0 saturated carbocycles. The van der Waals surface area contributed by atoms with E-state index in [0.717, 1.165) is 0 Å². The van der Waals surface area contributed by atoms with E-state index < -0.39 is 30.3 Å². The number of ether oxygens (including phenoxy) is 4. The van der Waals surface area contributed by atoms with Gasteiger partial charge in [0.25, 0.3) is 0 Å². The van der Waals surface area contributed by atoms with E-state index in [0.29, 0.717) is 0 Å². The van der Waals surface area contributed by atoms with E-state index in [-0.39, 0.29) is 36.9 Å². The quantitative estimate of drug-likeness (QED) is 0.513. The molecule has 0 bridgehead atoms. The Morgan fingerprint density at radius 1 is 0.875 bits per heavy atom. The third kappa shape index (κ3) is 5.78. The van der Waals surface area contributed by atoms with Gasteiger partial charge in [-0.2, -0.15) is 0 Å². The van der Waals surface area contributed by atoms with Gasteiger partial charge in [-0.25, -0.2) is 0 Å². The molecule has 0 radical (unpaired) electrons. The number of esters is 3. The first-order valence-corrected chi connectivity index (χ1v) is 8.32. The molecule has 3 unspecified atom stereocenters. The first kappa shape index (κ1) is 20.4. The maximum absolute atomic E-state index is 11.9. The van der Waals surface area contributed by atoms with Crippen LogP contribution in [0.25, 0.3) is 0 Å². The van der Waals surface area contributed by atoms with Gasteiger partial charge in [0.1, 0.15) is 12.7 Å². The summed E-state index contributed by atoms with van der Waals surface area (Å²) < 4.78 is 21.5. The summed E-state index contributed by atoms with van der Waals surface area (Å²) >= 11 is 0. The molecule has 1 aliphatic rings. The van der Waals surface area contributed by atoms with Crippen molar-refractivity contribution in [2.24, 2.45) is 17.8 Å². The van der Waals surface area contributed by atoms with Crippen molar-refractivity contribution in [2.45, 2.75) is 59.9 Å². The fourth-order valence-corrected chi connectivity index (χ4v) is 1.93. The number of rotatable bonds is 7. The minimum absolute atomic E-state index is 0.0528. The Morgan fingerprint density at radius 3 is 1.88 bits per heavy atom. The Balaban J connectivity index is 2.76. The smallest absolute Gasteiger partial charge is 0.308 e. The Bertz CT molecular complexity index is 456. The normalized spacial score (nSPS) is 23.6. The Labute approximate surface area is 143 Å². The summed E-state index contributed by atoms with van der Waals surface area (Å²) in [6.07, 6.45) is -2.15. The van der Waals surface area contributed by atoms with Crippen LogP contribution in [0.4, 0.5) is 0 Å². The van der Waals surface area contributed by atoms with E-state index in [9.17, 15) is 14.4 Å². The first-order chi connectivity index (χ1) is 11.1. The van der Waals surface area contributed by atoms with E-state index in [1.54, 1.807) is 41.5 Å². The van der Waals surface area contributed by atoms with Gasteiger partial charge in [-0.05, 0) is 0 Å². The average Bonchev–Trinajstić information content (AvgIpc) is 2.86. The number of carbonyl (C=O) groups excluding carboxylic acids is 3. The first-order valence-electron chi connectivity index (χ1n) is 8.32. The molecule has 24 heavy (non-hydrogen) atoms. The molecule has 1 heterocycles. The zero-order valence-corrected chi connectivity index (χ0v) is 15.2. The summed E-state index contributed by atoms with van der Waals surface area (Å²) in [5.41, 5.74) is 0. The zero-order valence-electron chi connectivity index (χ0n) is 15.2. The fourth-order valence-electron chi connectivity index (χ4n) is 1.93. The van der Waals surface area contributed by atoms with Crippen molar-refractivity contribution in [3.05, 3.63) is 0 Å². The van der Waals surface area contributed by atoms with Crippen LogP contribution in [0, 0.1) is 17.8 Å². The highest BCUT2D eigenvalue weighted by Crippen LogP contribution is 2.23. The molecular formula is C17H28O7. The molecular weight excluding hydrogens is 316 g/mol. The predicted octanol–water partition coefficient (Wildman–Crippen LogP) is 1.72. The summed E-state index contributed by atoms with van der Waals surface area (Å²) in [5.74, 6) is -2.08. The van der Waals surface area contributed by atoms with Crippen molar-refractivity contribution in [1.82, 2.24) is 0 Å². The predicted molar refractivity (Wildman–Crippen MR) is 85.0 cm³/mol. The Morgan fingerprint density at radius 2 is 1.38 bits per heavy atom. The fraction of sp³-hybridized carbons (Fsp3) is 0.824. The van der Waals surface area contributed by atoms with Crippen LogP contribution in [-0.2, 0) is 33.3 Å². The molecule has 1 saturated heterocycles. The van der Waals surface area contributed by atoms with Crippen molar-refractivity contribution in [1.29, 1.82) is 0 Å². The molecule has 138 valence electrons. The van der Waals surface area contributed by atoms with Gasteiger partial charge in [-0.15, -0.1) is 0 Å². The van der Waals surface area contributed by atoms with Crippen LogP contribution < -0.4 is 0 Å². The van der Waals surface area contributed by atoms with E-state index in [1.807, 2.05) is 0 Å². The molecule has 0 aromatic rings. The topological polar surface area (TPSA) is 88.1 Å². The highest BCUT2D eigenvalue weighted by Gasteiger charge is 2.44. The van der Waals surface area contributed by atoms with Crippen LogP contribution >= 0.6 is 0 Å². The molecule has 0 spiro atoms. The van der Waals surface area contributed by atoms with Gasteiger partial charge in [0.05, 0.1) is 24.4 Å². The summed E-state index contributed by atoms with van der Waals surface area (Å²) in [4.78, 5) is 35.4. The lowest BCUT2D eigenvalue weighted by atomic mass is 10.1. The van der Waals surface area contributed by atoms with E-state index in [4.69, 9.17) is 18.9 Å². The maximum Gasteiger partial charge on any atom is 0.308 e. The third-order valence-corrected chi connectivity index (χ3v) is 3.53. The average molecular weight is 344 g/mol. The molecule has 0 amide bonds. The summed E-state index contributed by atoms with van der Waals surface area (Å²) in [6, 6.07) is 0. The lowest BCUT2D eigenvalue weighted by Crippen LogP contribution is -2.41. The van der Waals surface area contributed by atoms with Crippen molar-refractivity contribution >= 4 is 17.9 Å². The minimum Gasteiger partial charge on any atom is -0.463 e. The van der Waals surface area contributed by atoms with E-state index in [2.05, 4.69) is 0 Å². The number of hydrogen-bond acceptors (Lipinski definition) is 7. The van der Waals surface area contributed by atoms with E-state index >= 15 is 0 Å². The molecule has 0 aromatic carbocycles.